The van der Waals surface area contributed by atoms with Gasteiger partial charge in [0.05, 0.1) is 12.6 Å². The summed E-state index contributed by atoms with van der Waals surface area (Å²) in [6, 6.07) is 21.4. The van der Waals surface area contributed by atoms with E-state index in [1.807, 2.05) is 0 Å². The van der Waals surface area contributed by atoms with Gasteiger partial charge >= 0.3 is 0 Å². The van der Waals surface area contributed by atoms with Crippen LogP contribution >= 0.6 is 0 Å². The predicted molar refractivity (Wildman–Crippen MR) is 99.1 cm³/mol. The minimum absolute atomic E-state index is 0.201. The van der Waals surface area contributed by atoms with Crippen LogP contribution in [-0.2, 0) is 11.4 Å². The van der Waals surface area contributed by atoms with Gasteiger partial charge in [0.15, 0.2) is 0 Å². The fourth-order valence-electron chi connectivity index (χ4n) is 3.16. The number of hydrogen-bond acceptors (Lipinski definition) is 2. The summed E-state index contributed by atoms with van der Waals surface area (Å²) >= 11 is 0. The fraction of sp³-hybridized carbons (Fsp3) is 0.364. The summed E-state index contributed by atoms with van der Waals surface area (Å²) in [4.78, 5) is 6.21. The molecular formula is C22H27NO. The van der Waals surface area contributed by atoms with Crippen molar-refractivity contribution in [2.75, 3.05) is 0 Å². The van der Waals surface area contributed by atoms with Crippen LogP contribution in [0.5, 0.6) is 0 Å². The standard InChI is InChI=1S/C22H27NO/c1-2-3-4-11-16-21-17-22(20-14-9-6-10-15-20)23(24-21)18-19-12-7-5-8-13-19/h5-10,12-15,17,22H,2-4,11,16,18H2,1H3. The lowest BCUT2D eigenvalue weighted by Gasteiger charge is -2.23. The molecule has 2 aromatic rings. The Morgan fingerprint density at radius 1 is 0.875 bits per heavy atom. The van der Waals surface area contributed by atoms with E-state index in [1.54, 1.807) is 0 Å². The molecule has 0 aromatic heterocycles. The lowest BCUT2D eigenvalue weighted by atomic mass is 10.0. The van der Waals surface area contributed by atoms with Gasteiger partial charge in [0, 0.05) is 6.42 Å². The fourth-order valence-corrected chi connectivity index (χ4v) is 3.16. The first-order valence-corrected chi connectivity index (χ1v) is 9.11. The molecular weight excluding hydrogens is 294 g/mol. The van der Waals surface area contributed by atoms with Crippen molar-refractivity contribution in [3.05, 3.63) is 83.6 Å². The molecule has 3 rings (SSSR count). The number of benzene rings is 2. The van der Waals surface area contributed by atoms with Crippen LogP contribution in [0.2, 0.25) is 0 Å². The molecule has 0 saturated heterocycles. The van der Waals surface area contributed by atoms with E-state index in [-0.39, 0.29) is 6.04 Å². The van der Waals surface area contributed by atoms with Crippen LogP contribution in [0.4, 0.5) is 0 Å². The maximum absolute atomic E-state index is 6.21. The molecule has 2 nitrogen and oxygen atoms in total. The molecule has 0 amide bonds. The highest BCUT2D eigenvalue weighted by Crippen LogP contribution is 2.34. The topological polar surface area (TPSA) is 12.5 Å². The highest BCUT2D eigenvalue weighted by Gasteiger charge is 2.28. The first-order valence-electron chi connectivity index (χ1n) is 9.11. The molecule has 2 aromatic carbocycles. The molecule has 0 N–H and O–H groups in total. The summed E-state index contributed by atoms with van der Waals surface area (Å²) in [5, 5.41) is 2.11. The summed E-state index contributed by atoms with van der Waals surface area (Å²) < 4.78 is 0. The molecule has 24 heavy (non-hydrogen) atoms. The molecule has 1 heterocycles. The van der Waals surface area contributed by atoms with Gasteiger partial charge in [0.2, 0.25) is 0 Å². The predicted octanol–water partition coefficient (Wildman–Crippen LogP) is 6.03. The third-order valence-corrected chi connectivity index (χ3v) is 4.49. The third kappa shape index (κ3) is 4.48. The first-order chi connectivity index (χ1) is 11.9. The van der Waals surface area contributed by atoms with Gasteiger partial charge in [-0.3, -0.25) is 0 Å². The Morgan fingerprint density at radius 3 is 2.29 bits per heavy atom. The Bertz CT molecular complexity index is 636. The number of hydroxylamine groups is 2. The maximum Gasteiger partial charge on any atom is 0.122 e. The van der Waals surface area contributed by atoms with Crippen LogP contribution in [0, 0.1) is 0 Å². The Balaban J connectivity index is 1.70. The number of rotatable bonds is 8. The number of nitrogens with zero attached hydrogens (tertiary/aromatic N) is 1. The van der Waals surface area contributed by atoms with Crippen molar-refractivity contribution in [1.29, 1.82) is 0 Å². The zero-order chi connectivity index (χ0) is 16.6. The normalized spacial score (nSPS) is 17.5. The van der Waals surface area contributed by atoms with E-state index in [0.717, 1.165) is 18.7 Å². The highest BCUT2D eigenvalue weighted by molar-refractivity contribution is 5.26. The van der Waals surface area contributed by atoms with Gasteiger partial charge in [-0.25, -0.2) is 0 Å². The molecule has 0 saturated carbocycles. The van der Waals surface area contributed by atoms with Gasteiger partial charge in [-0.2, -0.15) is 0 Å². The average molecular weight is 321 g/mol. The van der Waals surface area contributed by atoms with Crippen LogP contribution in [0.3, 0.4) is 0 Å². The van der Waals surface area contributed by atoms with E-state index in [4.69, 9.17) is 4.84 Å². The van der Waals surface area contributed by atoms with Gasteiger partial charge in [-0.1, -0.05) is 86.8 Å². The van der Waals surface area contributed by atoms with Crippen molar-refractivity contribution in [3.8, 4) is 0 Å². The van der Waals surface area contributed by atoms with Gasteiger partial charge in [-0.05, 0) is 23.6 Å². The van der Waals surface area contributed by atoms with Crippen LogP contribution in [0.1, 0.15) is 56.2 Å². The lowest BCUT2D eigenvalue weighted by Crippen LogP contribution is -2.22. The van der Waals surface area contributed by atoms with Crippen molar-refractivity contribution in [1.82, 2.24) is 5.06 Å². The molecule has 126 valence electrons. The van der Waals surface area contributed by atoms with Gasteiger partial charge in [0.1, 0.15) is 5.76 Å². The Morgan fingerprint density at radius 2 is 1.58 bits per heavy atom. The highest BCUT2D eigenvalue weighted by atomic mass is 16.7. The molecule has 1 atom stereocenters. The Labute approximate surface area is 145 Å². The molecule has 2 heteroatoms. The van der Waals surface area contributed by atoms with Crippen molar-refractivity contribution in [2.45, 2.75) is 51.6 Å². The van der Waals surface area contributed by atoms with Crippen LogP contribution in [0.15, 0.2) is 72.5 Å². The summed E-state index contributed by atoms with van der Waals surface area (Å²) in [6.07, 6.45) is 8.40. The van der Waals surface area contributed by atoms with Crippen LogP contribution in [-0.4, -0.2) is 5.06 Å². The molecule has 0 spiro atoms. The summed E-state index contributed by atoms with van der Waals surface area (Å²) in [6.45, 7) is 3.05. The molecule has 0 fully saturated rings. The van der Waals surface area contributed by atoms with E-state index in [1.165, 1.54) is 36.8 Å². The molecule has 1 aliphatic heterocycles. The van der Waals surface area contributed by atoms with Crippen LogP contribution < -0.4 is 0 Å². The Kier molecular flexibility index (Phi) is 6.08. The van der Waals surface area contributed by atoms with Gasteiger partial charge < -0.3 is 4.84 Å². The second-order valence-electron chi connectivity index (χ2n) is 6.45. The summed E-state index contributed by atoms with van der Waals surface area (Å²) in [7, 11) is 0. The second kappa shape index (κ2) is 8.70. The maximum atomic E-state index is 6.21. The third-order valence-electron chi connectivity index (χ3n) is 4.49. The number of hydrogen-bond donors (Lipinski definition) is 0. The lowest BCUT2D eigenvalue weighted by molar-refractivity contribution is -0.129. The van der Waals surface area contributed by atoms with Crippen molar-refractivity contribution >= 4 is 0 Å². The SMILES string of the molecule is CCCCCCC1=CC(c2ccccc2)N(Cc2ccccc2)O1. The smallest absolute Gasteiger partial charge is 0.122 e. The zero-order valence-corrected chi connectivity index (χ0v) is 14.5. The molecule has 1 unspecified atom stereocenters. The van der Waals surface area contributed by atoms with Crippen LogP contribution in [0.25, 0.3) is 0 Å². The van der Waals surface area contributed by atoms with E-state index in [0.29, 0.717) is 0 Å². The molecule has 0 bridgehead atoms. The van der Waals surface area contributed by atoms with E-state index >= 15 is 0 Å². The summed E-state index contributed by atoms with van der Waals surface area (Å²) in [5.74, 6) is 1.12. The van der Waals surface area contributed by atoms with Crippen molar-refractivity contribution in [3.63, 3.8) is 0 Å². The van der Waals surface area contributed by atoms with Gasteiger partial charge in [-0.15, -0.1) is 5.06 Å². The van der Waals surface area contributed by atoms with E-state index in [9.17, 15) is 0 Å². The van der Waals surface area contributed by atoms with E-state index in [2.05, 4.69) is 78.7 Å². The minimum atomic E-state index is 0.201. The molecule has 0 radical (unpaired) electrons. The van der Waals surface area contributed by atoms with E-state index < -0.39 is 0 Å². The van der Waals surface area contributed by atoms with Crippen molar-refractivity contribution in [2.24, 2.45) is 0 Å². The molecule has 1 aliphatic rings. The number of unbranched alkanes of at least 4 members (excludes halogenated alkanes) is 3. The molecule has 0 aliphatic carbocycles. The first kappa shape index (κ1) is 16.8. The second-order valence-corrected chi connectivity index (χ2v) is 6.45. The largest absolute Gasteiger partial charge is 0.409 e. The monoisotopic (exact) mass is 321 g/mol. The summed E-state index contributed by atoms with van der Waals surface area (Å²) in [5.41, 5.74) is 2.57. The quantitative estimate of drug-likeness (QED) is 0.550. The minimum Gasteiger partial charge on any atom is -0.409 e. The Hall–Kier alpha value is -2.06. The van der Waals surface area contributed by atoms with Crippen molar-refractivity contribution < 1.29 is 4.84 Å². The average Bonchev–Trinajstić information content (AvgIpc) is 3.03. The zero-order valence-electron chi connectivity index (χ0n) is 14.5. The van der Waals surface area contributed by atoms with Gasteiger partial charge in [0.25, 0.3) is 0 Å². The number of allylic oxidation sites excluding steroid dienone is 1.